The van der Waals surface area contributed by atoms with E-state index < -0.39 is 5.69 Å². The van der Waals surface area contributed by atoms with Crippen molar-refractivity contribution in [2.45, 2.75) is 32.6 Å². The normalized spacial score (nSPS) is 16.7. The van der Waals surface area contributed by atoms with Gasteiger partial charge in [0, 0.05) is 23.6 Å². The minimum Gasteiger partial charge on any atom is -0.493 e. The maximum atomic E-state index is 12.4. The zero-order valence-corrected chi connectivity index (χ0v) is 14.8. The van der Waals surface area contributed by atoms with Crippen LogP contribution in [0.3, 0.4) is 0 Å². The quantitative estimate of drug-likeness (QED) is 0.895. The number of carbonyl (C=O) groups excluding carboxylic acids is 1. The second-order valence-electron chi connectivity index (χ2n) is 7.43. The van der Waals surface area contributed by atoms with Gasteiger partial charge in [0.05, 0.1) is 6.61 Å². The van der Waals surface area contributed by atoms with Gasteiger partial charge in [0.15, 0.2) is 0 Å². The van der Waals surface area contributed by atoms with Crippen molar-refractivity contribution < 1.29 is 9.53 Å². The fourth-order valence-corrected chi connectivity index (χ4v) is 2.83. The molecule has 0 bridgehead atoms. The fourth-order valence-electron chi connectivity index (χ4n) is 2.83. The Labute approximate surface area is 146 Å². The number of benzene rings is 1. The Balaban J connectivity index is 1.66. The van der Waals surface area contributed by atoms with E-state index in [0.717, 1.165) is 17.7 Å². The Morgan fingerprint density at radius 1 is 1.36 bits per heavy atom. The molecule has 1 aliphatic heterocycles. The average molecular weight is 341 g/mol. The third kappa shape index (κ3) is 4.07. The minimum atomic E-state index is -0.507. The Hall–Kier alpha value is -2.63. The number of hydrogen-bond donors (Lipinski definition) is 2. The molecule has 2 heterocycles. The second kappa shape index (κ2) is 6.70. The van der Waals surface area contributed by atoms with Crippen LogP contribution in [0.5, 0.6) is 5.75 Å². The highest BCUT2D eigenvalue weighted by Gasteiger charge is 2.22. The lowest BCUT2D eigenvalue weighted by molar-refractivity contribution is 0.0933. The standard InChI is InChI=1S/C19H23N3O3/c1-19(2,3)16-9-14(21-18(24)22-16)17(23)20-10-12-8-13-6-4-5-7-15(13)25-11-12/h4-7,9,12H,8,10-11H2,1-3H3,(H,20,23)(H,21,22,24). The number of rotatable bonds is 3. The smallest absolute Gasteiger partial charge is 0.345 e. The van der Waals surface area contributed by atoms with Crippen molar-refractivity contribution in [2.75, 3.05) is 13.2 Å². The summed E-state index contributed by atoms with van der Waals surface area (Å²) in [6.07, 6.45) is 0.854. The van der Waals surface area contributed by atoms with Crippen LogP contribution in [0.15, 0.2) is 35.1 Å². The van der Waals surface area contributed by atoms with Gasteiger partial charge >= 0.3 is 5.69 Å². The summed E-state index contributed by atoms with van der Waals surface area (Å²) in [5, 5.41) is 2.87. The molecule has 2 aromatic rings. The van der Waals surface area contributed by atoms with Crippen LogP contribution >= 0.6 is 0 Å². The molecule has 3 rings (SSSR count). The molecular formula is C19H23N3O3. The predicted molar refractivity (Wildman–Crippen MR) is 95.0 cm³/mol. The monoisotopic (exact) mass is 341 g/mol. The van der Waals surface area contributed by atoms with Gasteiger partial charge in [-0.15, -0.1) is 0 Å². The summed E-state index contributed by atoms with van der Waals surface area (Å²) in [5.41, 5.74) is 1.21. The van der Waals surface area contributed by atoms with Crippen molar-refractivity contribution >= 4 is 5.91 Å². The molecule has 6 heteroatoms. The molecular weight excluding hydrogens is 318 g/mol. The van der Waals surface area contributed by atoms with E-state index in [0.29, 0.717) is 18.8 Å². The summed E-state index contributed by atoms with van der Waals surface area (Å²) < 4.78 is 5.74. The maximum absolute atomic E-state index is 12.4. The number of carbonyl (C=O) groups is 1. The SMILES string of the molecule is CC(C)(C)c1cc(C(=O)NCC2COc3ccccc3C2)nc(=O)[nH]1. The van der Waals surface area contributed by atoms with Gasteiger partial charge in [-0.05, 0) is 24.1 Å². The lowest BCUT2D eigenvalue weighted by atomic mass is 9.91. The van der Waals surface area contributed by atoms with E-state index in [1.807, 2.05) is 45.0 Å². The van der Waals surface area contributed by atoms with Gasteiger partial charge in [-0.1, -0.05) is 39.0 Å². The maximum Gasteiger partial charge on any atom is 0.345 e. The number of aromatic amines is 1. The van der Waals surface area contributed by atoms with Crippen LogP contribution in [0, 0.1) is 5.92 Å². The van der Waals surface area contributed by atoms with Gasteiger partial charge in [0.25, 0.3) is 5.91 Å². The third-order valence-corrected chi connectivity index (χ3v) is 4.29. The molecule has 1 atom stereocenters. The predicted octanol–water partition coefficient (Wildman–Crippen LogP) is 2.05. The van der Waals surface area contributed by atoms with E-state index in [-0.39, 0.29) is 22.9 Å². The van der Waals surface area contributed by atoms with Crippen molar-refractivity contribution in [1.82, 2.24) is 15.3 Å². The van der Waals surface area contributed by atoms with Crippen LogP contribution in [0.2, 0.25) is 0 Å². The van der Waals surface area contributed by atoms with Gasteiger partial charge in [-0.25, -0.2) is 4.79 Å². The van der Waals surface area contributed by atoms with Crippen LogP contribution < -0.4 is 15.7 Å². The summed E-state index contributed by atoms with van der Waals surface area (Å²) in [5.74, 6) is 0.773. The number of nitrogens with one attached hydrogen (secondary N) is 2. The molecule has 25 heavy (non-hydrogen) atoms. The number of para-hydroxylation sites is 1. The lowest BCUT2D eigenvalue weighted by Gasteiger charge is -2.25. The largest absolute Gasteiger partial charge is 0.493 e. The Bertz CT molecular complexity index is 836. The molecule has 0 radical (unpaired) electrons. The zero-order valence-electron chi connectivity index (χ0n) is 14.8. The number of aromatic nitrogens is 2. The summed E-state index contributed by atoms with van der Waals surface area (Å²) >= 11 is 0. The fraction of sp³-hybridized carbons (Fsp3) is 0.421. The molecule has 1 amide bonds. The van der Waals surface area contributed by atoms with Gasteiger partial charge in [0.2, 0.25) is 0 Å². The van der Waals surface area contributed by atoms with Crippen molar-refractivity contribution in [3.05, 3.63) is 57.8 Å². The van der Waals surface area contributed by atoms with Gasteiger partial charge in [-0.2, -0.15) is 4.98 Å². The number of amides is 1. The summed E-state index contributed by atoms with van der Waals surface area (Å²) in [7, 11) is 0. The zero-order chi connectivity index (χ0) is 18.0. The van der Waals surface area contributed by atoms with Crippen LogP contribution in [-0.2, 0) is 11.8 Å². The highest BCUT2D eigenvalue weighted by Crippen LogP contribution is 2.26. The van der Waals surface area contributed by atoms with Crippen LogP contribution in [-0.4, -0.2) is 29.0 Å². The van der Waals surface area contributed by atoms with Crippen molar-refractivity contribution in [2.24, 2.45) is 5.92 Å². The van der Waals surface area contributed by atoms with E-state index in [4.69, 9.17) is 4.74 Å². The number of H-pyrrole nitrogens is 1. The molecule has 0 saturated carbocycles. The summed E-state index contributed by atoms with van der Waals surface area (Å²) in [6, 6.07) is 9.57. The van der Waals surface area contributed by atoms with Gasteiger partial charge < -0.3 is 15.0 Å². The topological polar surface area (TPSA) is 84.1 Å². The molecule has 1 aromatic heterocycles. The Morgan fingerprint density at radius 3 is 2.88 bits per heavy atom. The number of nitrogens with zero attached hydrogens (tertiary/aromatic N) is 1. The molecule has 0 saturated heterocycles. The van der Waals surface area contributed by atoms with Crippen LogP contribution in [0.1, 0.15) is 42.5 Å². The van der Waals surface area contributed by atoms with Gasteiger partial charge in [0.1, 0.15) is 11.4 Å². The van der Waals surface area contributed by atoms with E-state index in [9.17, 15) is 9.59 Å². The first-order valence-corrected chi connectivity index (χ1v) is 8.43. The molecule has 6 nitrogen and oxygen atoms in total. The molecule has 2 N–H and O–H groups in total. The molecule has 1 unspecified atom stereocenters. The molecule has 0 spiro atoms. The van der Waals surface area contributed by atoms with E-state index >= 15 is 0 Å². The van der Waals surface area contributed by atoms with Crippen molar-refractivity contribution in [3.8, 4) is 5.75 Å². The van der Waals surface area contributed by atoms with E-state index in [1.165, 1.54) is 0 Å². The molecule has 0 aliphatic carbocycles. The molecule has 0 fully saturated rings. The van der Waals surface area contributed by atoms with Crippen LogP contribution in [0.4, 0.5) is 0 Å². The average Bonchev–Trinajstić information content (AvgIpc) is 2.58. The van der Waals surface area contributed by atoms with E-state index in [2.05, 4.69) is 15.3 Å². The number of hydrogen-bond acceptors (Lipinski definition) is 4. The highest BCUT2D eigenvalue weighted by molar-refractivity contribution is 5.92. The van der Waals surface area contributed by atoms with Crippen molar-refractivity contribution in [3.63, 3.8) is 0 Å². The van der Waals surface area contributed by atoms with Gasteiger partial charge in [-0.3, -0.25) is 4.79 Å². The minimum absolute atomic E-state index is 0.144. The first-order valence-electron chi connectivity index (χ1n) is 8.43. The van der Waals surface area contributed by atoms with E-state index in [1.54, 1.807) is 6.07 Å². The van der Waals surface area contributed by atoms with Crippen molar-refractivity contribution in [1.29, 1.82) is 0 Å². The highest BCUT2D eigenvalue weighted by atomic mass is 16.5. The molecule has 132 valence electrons. The van der Waals surface area contributed by atoms with Crippen LogP contribution in [0.25, 0.3) is 0 Å². The lowest BCUT2D eigenvalue weighted by Crippen LogP contribution is -2.36. The Morgan fingerprint density at radius 2 is 2.12 bits per heavy atom. The summed E-state index contributed by atoms with van der Waals surface area (Å²) in [4.78, 5) is 30.6. The summed E-state index contributed by atoms with van der Waals surface area (Å²) in [6.45, 7) is 6.95. The number of fused-ring (bicyclic) bond motifs is 1. The number of ether oxygens (including phenoxy) is 1. The first kappa shape index (κ1) is 17.2. The molecule has 1 aromatic carbocycles. The first-order chi connectivity index (χ1) is 11.8. The second-order valence-corrected chi connectivity index (χ2v) is 7.43. The Kier molecular flexibility index (Phi) is 4.61. The third-order valence-electron chi connectivity index (χ3n) is 4.29. The molecule has 1 aliphatic rings.